The molecule has 0 aromatic heterocycles. The molecule has 49 valence electrons. The van der Waals surface area contributed by atoms with Crippen LogP contribution in [0.2, 0.25) is 0 Å². The molecule has 9 heavy (non-hydrogen) atoms. The van der Waals surface area contributed by atoms with Crippen molar-refractivity contribution in [3.8, 4) is 0 Å². The summed E-state index contributed by atoms with van der Waals surface area (Å²) in [6.45, 7) is 8.51. The van der Waals surface area contributed by atoms with Crippen molar-refractivity contribution in [2.45, 2.75) is 39.8 Å². The molecule has 0 amide bonds. The molecular weight excluding hydrogens is 108 g/mol. The van der Waals surface area contributed by atoms with E-state index in [1.165, 1.54) is 0 Å². The molecule has 0 spiro atoms. The van der Waals surface area contributed by atoms with E-state index in [0.717, 1.165) is 0 Å². The molecule has 0 aromatic carbocycles. The maximum absolute atomic E-state index is 5.38. The Bertz CT molecular complexity index is 65.5. The second kappa shape index (κ2) is 3.99. The second-order valence-corrected chi connectivity index (χ2v) is 2.78. The highest BCUT2D eigenvalue weighted by Gasteiger charge is 2.09. The van der Waals surface area contributed by atoms with Gasteiger partial charge in [-0.1, -0.05) is 27.7 Å². The monoisotopic (exact) mass is 122 g/mol. The lowest BCUT2D eigenvalue weighted by Crippen LogP contribution is -2.40. The van der Waals surface area contributed by atoms with Gasteiger partial charge in [-0.3, -0.25) is 0 Å². The van der Waals surface area contributed by atoms with E-state index in [-0.39, 0.29) is 0 Å². The molecule has 0 saturated heterocycles. The van der Waals surface area contributed by atoms with Crippen molar-refractivity contribution in [3.05, 3.63) is 0 Å². The maximum atomic E-state index is 5.38. The molecule has 3 radical (unpaired) electrons. The molecule has 0 saturated carbocycles. The largest absolute Gasteiger partial charge is 0.352 e. The van der Waals surface area contributed by atoms with Crippen molar-refractivity contribution in [2.24, 2.45) is 0 Å². The van der Waals surface area contributed by atoms with Gasteiger partial charge in [0, 0.05) is 7.74 Å². The fraction of sp³-hybridized carbons (Fsp3) is 1.00. The molecule has 0 fully saturated rings. The Labute approximate surface area is 60.5 Å². The van der Waals surface area contributed by atoms with E-state index in [2.05, 4.69) is 32.5 Å². The molecule has 0 heterocycles. The molecule has 0 unspecified atom stereocenters. The van der Waals surface area contributed by atoms with Crippen LogP contribution in [0.1, 0.15) is 27.7 Å². The molecule has 0 aromatic rings. The standard InChI is InChI=1S/C6H14B2N/c1-5(2)9(8-7)6(3)4/h5-6H,1-4H3. The Kier molecular flexibility index (Phi) is 4.03. The van der Waals surface area contributed by atoms with Crippen LogP contribution in [0.15, 0.2) is 0 Å². The van der Waals surface area contributed by atoms with Gasteiger partial charge in [-0.15, -0.1) is 0 Å². The van der Waals surface area contributed by atoms with Gasteiger partial charge in [0.25, 0.3) is 0 Å². The quantitative estimate of drug-likeness (QED) is 0.500. The molecule has 0 aliphatic rings. The zero-order valence-electron chi connectivity index (χ0n) is 6.76. The van der Waals surface area contributed by atoms with Gasteiger partial charge in [0.2, 0.25) is 0 Å². The first-order valence-electron chi connectivity index (χ1n) is 3.42. The lowest BCUT2D eigenvalue weighted by Gasteiger charge is -2.29. The van der Waals surface area contributed by atoms with Crippen molar-refractivity contribution < 1.29 is 0 Å². The van der Waals surface area contributed by atoms with Gasteiger partial charge in [-0.05, 0) is 12.1 Å². The van der Waals surface area contributed by atoms with Crippen LogP contribution < -0.4 is 0 Å². The van der Waals surface area contributed by atoms with Crippen LogP contribution in [-0.4, -0.2) is 31.9 Å². The molecular formula is C6H14B2N. The third-order valence-electron chi connectivity index (χ3n) is 1.36. The summed E-state index contributed by atoms with van der Waals surface area (Å²) in [6, 6.07) is 1.02. The van der Waals surface area contributed by atoms with Crippen LogP contribution in [0.4, 0.5) is 0 Å². The summed E-state index contributed by atoms with van der Waals surface area (Å²) in [4.78, 5) is 2.11. The number of hydrogen-bond acceptors (Lipinski definition) is 1. The van der Waals surface area contributed by atoms with Gasteiger partial charge < -0.3 is 4.81 Å². The zero-order valence-corrected chi connectivity index (χ0v) is 6.76. The summed E-state index contributed by atoms with van der Waals surface area (Å²) < 4.78 is 0. The van der Waals surface area contributed by atoms with E-state index in [9.17, 15) is 0 Å². The molecule has 0 N–H and O–H groups in total. The molecule has 3 heteroatoms. The molecule has 0 bridgehead atoms. The summed E-state index contributed by atoms with van der Waals surface area (Å²) >= 11 is 0. The molecule has 0 aliphatic carbocycles. The second-order valence-electron chi connectivity index (χ2n) is 2.78. The predicted octanol–water partition coefficient (Wildman–Crippen LogP) is 0.808. The zero-order chi connectivity index (χ0) is 7.44. The smallest absolute Gasteiger partial charge is 0.149 e. The SMILES string of the molecule is [B][B]N(C(C)C)C(C)C. The van der Waals surface area contributed by atoms with E-state index in [0.29, 0.717) is 12.1 Å². The fourth-order valence-electron chi connectivity index (χ4n) is 0.941. The first kappa shape index (κ1) is 9.09. The Balaban J connectivity index is 3.68. The van der Waals surface area contributed by atoms with Crippen molar-refractivity contribution in [1.82, 2.24) is 4.81 Å². The summed E-state index contributed by atoms with van der Waals surface area (Å²) in [7, 11) is 7.02. The van der Waals surface area contributed by atoms with Crippen LogP contribution in [0.25, 0.3) is 0 Å². The highest BCUT2D eigenvalue weighted by molar-refractivity contribution is 6.87. The van der Waals surface area contributed by atoms with Crippen LogP contribution in [0, 0.1) is 0 Å². The van der Waals surface area contributed by atoms with Gasteiger partial charge in [0.05, 0.1) is 0 Å². The topological polar surface area (TPSA) is 3.24 Å². The summed E-state index contributed by atoms with van der Waals surface area (Å²) in [5, 5.41) is 0. The van der Waals surface area contributed by atoms with E-state index in [4.69, 9.17) is 7.74 Å². The van der Waals surface area contributed by atoms with E-state index in [1.807, 2.05) is 0 Å². The number of hydrogen-bond donors (Lipinski definition) is 0. The minimum Gasteiger partial charge on any atom is -0.352 e. The van der Waals surface area contributed by atoms with E-state index < -0.39 is 0 Å². The highest BCUT2D eigenvalue weighted by Crippen LogP contribution is 2.00. The minimum absolute atomic E-state index is 0.509. The fourth-order valence-corrected chi connectivity index (χ4v) is 0.941. The average Bonchev–Trinajstić information content (AvgIpc) is 1.64. The normalized spacial score (nSPS) is 11.4. The van der Waals surface area contributed by atoms with Gasteiger partial charge in [0.1, 0.15) is 7.31 Å². The van der Waals surface area contributed by atoms with Crippen LogP contribution in [0.5, 0.6) is 0 Å². The Morgan fingerprint density at radius 3 is 1.44 bits per heavy atom. The van der Waals surface area contributed by atoms with Crippen molar-refractivity contribution in [2.75, 3.05) is 0 Å². The third kappa shape index (κ3) is 2.95. The Morgan fingerprint density at radius 1 is 1.11 bits per heavy atom. The van der Waals surface area contributed by atoms with Crippen LogP contribution >= 0.6 is 0 Å². The minimum atomic E-state index is 0.509. The Hall–Kier alpha value is 0.0899. The van der Waals surface area contributed by atoms with Crippen molar-refractivity contribution in [3.63, 3.8) is 0 Å². The summed E-state index contributed by atoms with van der Waals surface area (Å²) in [5.74, 6) is 0. The molecule has 0 rings (SSSR count). The lowest BCUT2D eigenvalue weighted by molar-refractivity contribution is 0.317. The van der Waals surface area contributed by atoms with Gasteiger partial charge >= 0.3 is 0 Å². The summed E-state index contributed by atoms with van der Waals surface area (Å²) in [5.41, 5.74) is 0. The van der Waals surface area contributed by atoms with Gasteiger partial charge in [0.15, 0.2) is 0 Å². The number of nitrogens with zero attached hydrogens (tertiary/aromatic N) is 1. The molecule has 0 atom stereocenters. The highest BCUT2D eigenvalue weighted by atomic mass is 15.1. The maximum Gasteiger partial charge on any atom is 0.149 e. The summed E-state index contributed by atoms with van der Waals surface area (Å²) in [6.07, 6.45) is 0. The van der Waals surface area contributed by atoms with Crippen molar-refractivity contribution >= 4 is 15.0 Å². The third-order valence-corrected chi connectivity index (χ3v) is 1.36. The molecule has 1 nitrogen and oxygen atoms in total. The van der Waals surface area contributed by atoms with Gasteiger partial charge in [-0.2, -0.15) is 0 Å². The lowest BCUT2D eigenvalue weighted by atomic mass is 9.64. The van der Waals surface area contributed by atoms with E-state index in [1.54, 1.807) is 7.31 Å². The first-order chi connectivity index (χ1) is 4.09. The van der Waals surface area contributed by atoms with Crippen molar-refractivity contribution in [1.29, 1.82) is 0 Å². The molecule has 0 aliphatic heterocycles. The Morgan fingerprint density at radius 2 is 1.44 bits per heavy atom. The van der Waals surface area contributed by atoms with Crippen LogP contribution in [0.3, 0.4) is 0 Å². The average molecular weight is 122 g/mol. The van der Waals surface area contributed by atoms with Crippen LogP contribution in [-0.2, 0) is 0 Å². The van der Waals surface area contributed by atoms with E-state index >= 15 is 0 Å². The first-order valence-corrected chi connectivity index (χ1v) is 3.42. The predicted molar refractivity (Wildman–Crippen MR) is 43.6 cm³/mol. The number of rotatable bonds is 3. The van der Waals surface area contributed by atoms with Gasteiger partial charge in [-0.25, -0.2) is 0 Å².